The monoisotopic (exact) mass is 307 g/mol. The summed E-state index contributed by atoms with van der Waals surface area (Å²) in [6.07, 6.45) is 2.87. The van der Waals surface area contributed by atoms with Crippen LogP contribution in [0.1, 0.15) is 42.9 Å². The molecule has 1 saturated heterocycles. The molecule has 0 aliphatic carbocycles. The molecule has 0 atom stereocenters. The fourth-order valence-corrected chi connectivity index (χ4v) is 2.83. The maximum absolute atomic E-state index is 11.1. The summed E-state index contributed by atoms with van der Waals surface area (Å²) >= 11 is 1.44. The van der Waals surface area contributed by atoms with Crippen molar-refractivity contribution in [2.75, 3.05) is 13.6 Å². The minimum atomic E-state index is -0.401. The second-order valence-electron chi connectivity index (χ2n) is 6.20. The third-order valence-electron chi connectivity index (χ3n) is 4.11. The summed E-state index contributed by atoms with van der Waals surface area (Å²) in [5, 5.41) is 5.05. The normalized spacial score (nSPS) is 20.8. The number of thiophene rings is 1. The summed E-state index contributed by atoms with van der Waals surface area (Å²) in [5.74, 6) is 0. The molecule has 0 unspecified atom stereocenters. The summed E-state index contributed by atoms with van der Waals surface area (Å²) in [4.78, 5) is 11.8. The van der Waals surface area contributed by atoms with Crippen LogP contribution in [0.4, 0.5) is 0 Å². The Morgan fingerprint density at radius 3 is 2.48 bits per heavy atom. The molecule has 4 nitrogen and oxygen atoms in total. The van der Waals surface area contributed by atoms with Gasteiger partial charge >= 0.3 is 7.12 Å². The molecule has 6 heteroatoms. The van der Waals surface area contributed by atoms with Gasteiger partial charge in [0.05, 0.1) is 16.1 Å². The number of carbonyl (C=O) groups excluding carboxylic acids is 1. The van der Waals surface area contributed by atoms with Crippen LogP contribution in [-0.4, -0.2) is 38.2 Å². The van der Waals surface area contributed by atoms with Gasteiger partial charge in [-0.1, -0.05) is 6.08 Å². The Bertz CT molecular complexity index is 535. The van der Waals surface area contributed by atoms with E-state index in [9.17, 15) is 4.79 Å². The number of hydrogen-bond acceptors (Lipinski definition) is 5. The fraction of sp³-hybridized carbons (Fsp3) is 0.533. The molecule has 21 heavy (non-hydrogen) atoms. The maximum Gasteiger partial charge on any atom is 0.491 e. The molecule has 1 fully saturated rings. The van der Waals surface area contributed by atoms with E-state index in [0.717, 1.165) is 22.2 Å². The lowest BCUT2D eigenvalue weighted by Gasteiger charge is -2.32. The third-order valence-corrected chi connectivity index (χ3v) is 4.97. The van der Waals surface area contributed by atoms with Crippen LogP contribution in [0, 0.1) is 0 Å². The van der Waals surface area contributed by atoms with E-state index in [1.807, 2.05) is 52.3 Å². The molecule has 0 saturated carbocycles. The fourth-order valence-electron chi connectivity index (χ4n) is 2.15. The van der Waals surface area contributed by atoms with E-state index in [1.165, 1.54) is 11.3 Å². The number of rotatable bonds is 5. The Balaban J connectivity index is 2.31. The largest absolute Gasteiger partial charge is 0.491 e. The molecule has 0 spiro atoms. The van der Waals surface area contributed by atoms with Gasteiger partial charge in [-0.3, -0.25) is 4.79 Å². The summed E-state index contributed by atoms with van der Waals surface area (Å²) < 4.78 is 12.2. The average molecular weight is 307 g/mol. The summed E-state index contributed by atoms with van der Waals surface area (Å²) in [7, 11) is 1.48. The van der Waals surface area contributed by atoms with Crippen molar-refractivity contribution >= 4 is 30.8 Å². The zero-order chi connectivity index (χ0) is 15.7. The van der Waals surface area contributed by atoms with E-state index in [-0.39, 0.29) is 11.2 Å². The van der Waals surface area contributed by atoms with Gasteiger partial charge in [0.15, 0.2) is 6.29 Å². The molecule has 0 bridgehead atoms. The first-order valence-electron chi connectivity index (χ1n) is 7.04. The lowest BCUT2D eigenvalue weighted by atomic mass is 9.77. The molecule has 1 aliphatic heterocycles. The second-order valence-corrected chi connectivity index (χ2v) is 7.14. The van der Waals surface area contributed by atoms with Crippen LogP contribution in [-0.2, 0) is 9.31 Å². The van der Waals surface area contributed by atoms with Crippen molar-refractivity contribution in [1.29, 1.82) is 0 Å². The number of aldehydes is 1. The van der Waals surface area contributed by atoms with E-state index in [1.54, 1.807) is 0 Å². The molecular formula is C15H22BNO3S. The zero-order valence-electron chi connectivity index (χ0n) is 13.2. The number of hydrogen-bond donors (Lipinski definition) is 1. The summed E-state index contributed by atoms with van der Waals surface area (Å²) in [5.41, 5.74) is 1.16. The molecule has 0 amide bonds. The molecule has 2 heterocycles. The molecule has 1 aliphatic rings. The second kappa shape index (κ2) is 6.05. The number of likely N-dealkylation sites (N-methyl/N-ethyl adjacent to an activating group) is 1. The zero-order valence-corrected chi connectivity index (χ0v) is 14.0. The molecular weight excluding hydrogens is 285 g/mol. The SMILES string of the molecule is CNCC(=Cc1ccsc1C=O)B1OC(C)(C)C(C)(C)O1. The highest BCUT2D eigenvalue weighted by atomic mass is 32.1. The van der Waals surface area contributed by atoms with Crippen molar-refractivity contribution in [3.63, 3.8) is 0 Å². The van der Waals surface area contributed by atoms with Crippen LogP contribution >= 0.6 is 11.3 Å². The van der Waals surface area contributed by atoms with Gasteiger partial charge in [-0.25, -0.2) is 0 Å². The van der Waals surface area contributed by atoms with Crippen LogP contribution in [0.2, 0.25) is 0 Å². The van der Waals surface area contributed by atoms with Gasteiger partial charge in [-0.2, -0.15) is 0 Å². The minimum Gasteiger partial charge on any atom is -0.400 e. The summed E-state index contributed by atoms with van der Waals surface area (Å²) in [6.45, 7) is 8.78. The van der Waals surface area contributed by atoms with Gasteiger partial charge in [0, 0.05) is 6.54 Å². The van der Waals surface area contributed by atoms with Gasteiger partial charge in [-0.05, 0) is 57.2 Å². The molecule has 114 valence electrons. The van der Waals surface area contributed by atoms with Gasteiger partial charge in [0.25, 0.3) is 0 Å². The first kappa shape index (κ1) is 16.4. The van der Waals surface area contributed by atoms with Crippen LogP contribution in [0.3, 0.4) is 0 Å². The van der Waals surface area contributed by atoms with E-state index in [4.69, 9.17) is 9.31 Å². The highest BCUT2D eigenvalue weighted by Crippen LogP contribution is 2.38. The van der Waals surface area contributed by atoms with E-state index in [2.05, 4.69) is 5.32 Å². The van der Waals surface area contributed by atoms with E-state index >= 15 is 0 Å². The van der Waals surface area contributed by atoms with Crippen LogP contribution in [0.15, 0.2) is 16.9 Å². The molecule has 1 aromatic rings. The Morgan fingerprint density at radius 2 is 1.95 bits per heavy atom. The lowest BCUT2D eigenvalue weighted by Crippen LogP contribution is -2.41. The van der Waals surface area contributed by atoms with Gasteiger partial charge in [-0.15, -0.1) is 11.3 Å². The average Bonchev–Trinajstić information content (AvgIpc) is 2.91. The van der Waals surface area contributed by atoms with Crippen molar-refractivity contribution < 1.29 is 14.1 Å². The van der Waals surface area contributed by atoms with Gasteiger partial charge < -0.3 is 14.6 Å². The predicted octanol–water partition coefficient (Wildman–Crippen LogP) is 2.79. The smallest absolute Gasteiger partial charge is 0.400 e. The van der Waals surface area contributed by atoms with Crippen molar-refractivity contribution in [2.24, 2.45) is 0 Å². The molecule has 0 aromatic carbocycles. The van der Waals surface area contributed by atoms with Crippen molar-refractivity contribution in [3.05, 3.63) is 27.4 Å². The van der Waals surface area contributed by atoms with Crippen molar-refractivity contribution in [3.8, 4) is 0 Å². The predicted molar refractivity (Wildman–Crippen MR) is 87.7 cm³/mol. The Hall–Kier alpha value is -0.945. The lowest BCUT2D eigenvalue weighted by molar-refractivity contribution is 0.00578. The van der Waals surface area contributed by atoms with Gasteiger partial charge in [0.1, 0.15) is 0 Å². The molecule has 0 radical (unpaired) electrons. The topological polar surface area (TPSA) is 47.6 Å². The number of nitrogens with one attached hydrogen (secondary N) is 1. The third kappa shape index (κ3) is 3.29. The highest BCUT2D eigenvalue weighted by Gasteiger charge is 2.52. The molecule has 1 N–H and O–H groups in total. The minimum absolute atomic E-state index is 0.368. The van der Waals surface area contributed by atoms with E-state index in [0.29, 0.717) is 6.54 Å². The highest BCUT2D eigenvalue weighted by molar-refractivity contribution is 7.12. The van der Waals surface area contributed by atoms with Gasteiger partial charge in [0.2, 0.25) is 0 Å². The van der Waals surface area contributed by atoms with Crippen molar-refractivity contribution in [2.45, 2.75) is 38.9 Å². The Kier molecular flexibility index (Phi) is 4.73. The Morgan fingerprint density at radius 1 is 1.33 bits per heavy atom. The van der Waals surface area contributed by atoms with E-state index < -0.39 is 7.12 Å². The quantitative estimate of drug-likeness (QED) is 0.671. The first-order valence-corrected chi connectivity index (χ1v) is 7.92. The van der Waals surface area contributed by atoms with Crippen LogP contribution < -0.4 is 5.32 Å². The van der Waals surface area contributed by atoms with Crippen LogP contribution in [0.5, 0.6) is 0 Å². The van der Waals surface area contributed by atoms with Crippen molar-refractivity contribution in [1.82, 2.24) is 5.32 Å². The first-order chi connectivity index (χ1) is 9.80. The maximum atomic E-state index is 11.1. The molecule has 2 rings (SSSR count). The van der Waals surface area contributed by atoms with Crippen LogP contribution in [0.25, 0.3) is 6.08 Å². The Labute approximate surface area is 130 Å². The summed E-state index contributed by atoms with van der Waals surface area (Å²) in [6, 6.07) is 1.94. The number of carbonyl (C=O) groups is 1. The standard InChI is InChI=1S/C15H22BNO3S/c1-14(2)15(3,4)20-16(19-14)12(9-17-5)8-11-6-7-21-13(11)10-18/h6-8,10,17H,9H2,1-5H3. The molecule has 1 aromatic heterocycles.